The standard InChI is InChI=1S/C93H130N20O20S/c1-10-13-26-74-87(127)104-68(40-53(4)5)85(125)108-73(83(123)100-49-78(96)117)51-134-52-79(118)101-70(41-55-29-31-60(114)32-30-55)89(129)109(7)54(6)81(121)106-72(46-77(95)116)92(132)113-39-20-28-75(113)88(128)105-69(45-59-21-19-37-97-59)86(126)103-67(33-34-80(119)120)91(131)112(38-12-3)50-61(115)43-56(42-57-47-98-64-24-17-15-22-62(57)64)82(122)102-66(35-36-94)84(124)107-71(44-58-48-99-65-25-18-16-23-63(58)65)90(130)111(9)76(27-14-11-2)93(133)110(74)8/h15-19,21-25,29-32,37,47-48,53-54,56,66-76,97-99,114H,10-14,20,26-28,33-36,38-46,49-52,94H2,1-9H3,(H2,95,116)(H2,96,117)(H,100,123)(H,101,118)(H,102,122)(H,103,126)(H,104,127)(H,105,128)(H,106,121)(H,107,124)(H,108,125)(H,119,120)/t54-,56+,66-,67-,68-,69-,70-,71-,72-,73-,74-,75-,76-/m0/s1. The maximum atomic E-state index is 15.8. The number of carboxylic acids is 1. The molecule has 0 unspecified atom stereocenters. The largest absolute Gasteiger partial charge is 0.508 e. The molecule has 13 atom stereocenters. The summed E-state index contributed by atoms with van der Waals surface area (Å²) in [6, 6.07) is 5.09. The quantitative estimate of drug-likeness (QED) is 0.0326. The van der Waals surface area contributed by atoms with E-state index in [1.807, 2.05) is 26.0 Å². The monoisotopic (exact) mass is 1880 g/mol. The van der Waals surface area contributed by atoms with E-state index in [-0.39, 0.29) is 102 Å². The first-order valence-corrected chi connectivity index (χ1v) is 46.7. The summed E-state index contributed by atoms with van der Waals surface area (Å²) < 4.78 is 0. The molecule has 5 heterocycles. The van der Waals surface area contributed by atoms with Crippen molar-refractivity contribution in [2.24, 2.45) is 29.0 Å². The second-order valence-electron chi connectivity index (χ2n) is 34.7. The lowest BCUT2D eigenvalue weighted by Gasteiger charge is -2.36. The molecular formula is C93H130N20O20S. The van der Waals surface area contributed by atoms with Crippen LogP contribution >= 0.6 is 11.8 Å². The van der Waals surface area contributed by atoms with E-state index in [1.165, 1.54) is 68.3 Å². The first-order chi connectivity index (χ1) is 63.8. The number of rotatable bonds is 28. The van der Waals surface area contributed by atoms with Gasteiger partial charge < -0.3 is 115 Å². The maximum absolute atomic E-state index is 15.8. The zero-order valence-corrected chi connectivity index (χ0v) is 78.2. The molecule has 6 aromatic rings. The van der Waals surface area contributed by atoms with Gasteiger partial charge in [-0.2, -0.15) is 0 Å². The Hall–Kier alpha value is -13.2. The molecule has 8 rings (SSSR count). The van der Waals surface area contributed by atoms with Gasteiger partial charge in [-0.3, -0.25) is 86.3 Å². The average Bonchev–Trinajstić information content (AvgIpc) is 1.27. The minimum absolute atomic E-state index is 0.0289. The number of hydrogen-bond acceptors (Lipinski definition) is 21. The molecule has 2 aliphatic rings. The van der Waals surface area contributed by atoms with Crippen LogP contribution in [0, 0.1) is 11.8 Å². The highest BCUT2D eigenvalue weighted by molar-refractivity contribution is 8.00. The number of phenols is 1. The lowest BCUT2D eigenvalue weighted by atomic mass is 9.92. The zero-order chi connectivity index (χ0) is 98.2. The highest BCUT2D eigenvalue weighted by Gasteiger charge is 2.44. The summed E-state index contributed by atoms with van der Waals surface area (Å²) >= 11 is 0.797. The molecular weight excluding hydrogens is 1750 g/mol. The van der Waals surface area contributed by atoms with Gasteiger partial charge in [0.05, 0.1) is 25.3 Å². The number of hydrogen-bond donors (Lipinski definition) is 17. The van der Waals surface area contributed by atoms with Crippen molar-refractivity contribution < 1.29 is 96.5 Å². The molecule has 134 heavy (non-hydrogen) atoms. The molecule has 40 nitrogen and oxygen atoms in total. The molecule has 3 aromatic carbocycles. The van der Waals surface area contributed by atoms with Gasteiger partial charge in [0, 0.05) is 124 Å². The van der Waals surface area contributed by atoms with Gasteiger partial charge >= 0.3 is 5.97 Å². The molecule has 41 heteroatoms. The van der Waals surface area contributed by atoms with Crippen LogP contribution in [0.15, 0.2) is 104 Å². The minimum Gasteiger partial charge on any atom is -0.508 e. The number of para-hydroxylation sites is 2. The molecule has 16 amide bonds. The highest BCUT2D eigenvalue weighted by atomic mass is 32.2. The van der Waals surface area contributed by atoms with Crippen molar-refractivity contribution in [1.82, 2.24) is 87.3 Å². The molecule has 20 N–H and O–H groups in total. The van der Waals surface area contributed by atoms with Gasteiger partial charge in [-0.25, -0.2) is 0 Å². The Morgan fingerprint density at radius 2 is 1.12 bits per heavy atom. The van der Waals surface area contributed by atoms with Gasteiger partial charge in [-0.15, -0.1) is 11.8 Å². The minimum atomic E-state index is -1.78. The molecule has 2 saturated heterocycles. The van der Waals surface area contributed by atoms with Gasteiger partial charge in [0.1, 0.15) is 78.3 Å². The normalized spacial score (nSPS) is 23.4. The van der Waals surface area contributed by atoms with Gasteiger partial charge in [-0.05, 0) is 130 Å². The third kappa shape index (κ3) is 30.7. The summed E-state index contributed by atoms with van der Waals surface area (Å²) in [6.45, 7) is 8.38. The predicted octanol–water partition coefficient (Wildman–Crippen LogP) is 1.00. The summed E-state index contributed by atoms with van der Waals surface area (Å²) in [5.74, 6) is -19.1. The topological polar surface area (TPSA) is 598 Å². The summed E-state index contributed by atoms with van der Waals surface area (Å²) in [5.41, 5.74) is 20.7. The van der Waals surface area contributed by atoms with Crippen molar-refractivity contribution in [2.75, 3.05) is 65.4 Å². The molecule has 728 valence electrons. The Kier molecular flexibility index (Phi) is 41.0. The van der Waals surface area contributed by atoms with Crippen molar-refractivity contribution in [3.05, 3.63) is 126 Å². The van der Waals surface area contributed by atoms with Crippen molar-refractivity contribution in [3.63, 3.8) is 0 Å². The van der Waals surface area contributed by atoms with E-state index in [4.69, 9.17) is 17.2 Å². The first-order valence-electron chi connectivity index (χ1n) is 45.5. The van der Waals surface area contributed by atoms with Gasteiger partial charge in [0.2, 0.25) is 94.5 Å². The van der Waals surface area contributed by atoms with E-state index in [1.54, 1.807) is 81.7 Å². The number of nitrogens with zero attached hydrogens (tertiary/aromatic N) is 5. The summed E-state index contributed by atoms with van der Waals surface area (Å²) in [5, 5.41) is 45.8. The van der Waals surface area contributed by atoms with Gasteiger partial charge in [0.25, 0.3) is 0 Å². The predicted molar refractivity (Wildman–Crippen MR) is 498 cm³/mol. The van der Waals surface area contributed by atoms with E-state index in [9.17, 15) is 58.2 Å². The van der Waals surface area contributed by atoms with E-state index in [2.05, 4.69) is 62.8 Å². The molecule has 0 radical (unpaired) electrons. The number of carbonyl (C=O) groups is 18. The number of aromatic amines is 3. The highest BCUT2D eigenvalue weighted by Crippen LogP contribution is 2.28. The van der Waals surface area contributed by atoms with E-state index in [0.29, 0.717) is 69.9 Å². The van der Waals surface area contributed by atoms with E-state index >= 15 is 38.4 Å². The van der Waals surface area contributed by atoms with Crippen LogP contribution in [0.1, 0.15) is 160 Å². The Balaban J connectivity index is 1.20. The number of nitrogens with two attached hydrogens (primary N) is 3. The van der Waals surface area contributed by atoms with Crippen LogP contribution in [0.3, 0.4) is 0 Å². The summed E-state index contributed by atoms with van der Waals surface area (Å²) in [6.07, 6.45) is 3.31. The lowest BCUT2D eigenvalue weighted by Crippen LogP contribution is -2.60. The lowest BCUT2D eigenvalue weighted by molar-refractivity contribution is -0.149. The number of aromatic nitrogens is 3. The van der Waals surface area contributed by atoms with Crippen molar-refractivity contribution in [3.8, 4) is 5.75 Å². The molecule has 0 saturated carbocycles. The van der Waals surface area contributed by atoms with Gasteiger partial charge in [0.15, 0.2) is 5.78 Å². The summed E-state index contributed by atoms with van der Waals surface area (Å²) in [4.78, 5) is 278. The SMILES string of the molecule is CCCC[C@H]1C(=O)N(C)[C@@H](CCCC)C(=O)N[C@@H](CC(C)C)C(=O)N[C@H](C(=O)NCC(N)=O)CSCC(=O)N[C@@H](Cc2ccc(O)cc2)C(=O)N(C)[C@@H](C)C(=O)N[C@@H](CC(N)=O)C(=O)N2CCC[C@H]2C(=O)N[C@@H](Cc2ccc[nH]2)C(=O)N[C@@H](CCC(=O)O)C(=O)N(CCC)CC(=O)C[C@@H](Cc2c[nH]c3ccccc23)C(=O)N[C@@H](CCN)C(=O)N[C@@H](Cc2c[nH]c3ccccc23)C(=O)N1C. The average molecular weight is 1880 g/mol. The van der Waals surface area contributed by atoms with E-state index in [0.717, 1.165) is 26.5 Å². The Labute approximate surface area is 781 Å². The molecule has 0 spiro atoms. The van der Waals surface area contributed by atoms with Crippen LogP contribution in [0.2, 0.25) is 0 Å². The number of benzene rings is 3. The fourth-order valence-corrected chi connectivity index (χ4v) is 17.4. The van der Waals surface area contributed by atoms with Gasteiger partial charge in [-0.1, -0.05) is 109 Å². The van der Waals surface area contributed by atoms with Crippen LogP contribution in [-0.2, 0) is 112 Å². The number of Topliss-reactive ketones (excluding diaryl/α,β-unsaturated/α-hetero) is 1. The fraction of sp³-hybridized carbons (Fsp3) is 0.527. The number of ketones is 1. The number of unbranched alkanes of at least 4 members (excludes halogenated alkanes) is 2. The summed E-state index contributed by atoms with van der Waals surface area (Å²) in [7, 11) is 4.01. The number of nitrogens with one attached hydrogen (secondary N) is 12. The third-order valence-electron chi connectivity index (χ3n) is 23.9. The van der Waals surface area contributed by atoms with Crippen molar-refractivity contribution in [2.45, 2.75) is 236 Å². The Bertz CT molecular complexity index is 5120. The smallest absolute Gasteiger partial charge is 0.303 e. The van der Waals surface area contributed by atoms with Crippen LogP contribution < -0.4 is 65.1 Å². The first kappa shape index (κ1) is 106. The number of phenolic OH excluding ortho intramolecular Hbond substituents is 1. The van der Waals surface area contributed by atoms with Crippen LogP contribution in [-0.4, -0.2) is 294 Å². The Morgan fingerprint density at radius 3 is 1.72 bits per heavy atom. The number of primary amides is 2. The number of likely N-dealkylation sites (N-methyl/N-ethyl adjacent to an activating group) is 3. The zero-order valence-electron chi connectivity index (χ0n) is 77.4. The molecule has 2 fully saturated rings. The van der Waals surface area contributed by atoms with Crippen LogP contribution in [0.4, 0.5) is 0 Å². The molecule has 3 aromatic heterocycles. The van der Waals surface area contributed by atoms with Crippen molar-refractivity contribution >= 4 is 140 Å². The van der Waals surface area contributed by atoms with Crippen molar-refractivity contribution in [1.29, 1.82) is 0 Å². The number of carboxylic acid groups (broad SMARTS) is 1. The number of amides is 16. The maximum Gasteiger partial charge on any atom is 0.303 e. The Morgan fingerprint density at radius 1 is 0.545 bits per heavy atom. The van der Waals surface area contributed by atoms with Crippen LogP contribution in [0.25, 0.3) is 21.8 Å². The molecule has 2 aliphatic heterocycles. The number of H-pyrrole nitrogens is 3. The number of carbonyl (C=O) groups excluding carboxylic acids is 17. The number of fused-ring (bicyclic) bond motifs is 3. The number of thioether (sulfide) groups is 1. The molecule has 0 aliphatic carbocycles. The fourth-order valence-electron chi connectivity index (χ4n) is 16.5. The number of aromatic hydroxyl groups is 1. The van der Waals surface area contributed by atoms with Crippen LogP contribution in [0.5, 0.6) is 5.75 Å². The second kappa shape index (κ2) is 51.7. The molecule has 0 bridgehead atoms. The second-order valence-corrected chi connectivity index (χ2v) is 35.7. The third-order valence-corrected chi connectivity index (χ3v) is 25.0. The van der Waals surface area contributed by atoms with E-state index < -0.39 is 235 Å². The number of aliphatic carboxylic acids is 1.